The van der Waals surface area contributed by atoms with Crippen molar-refractivity contribution in [3.05, 3.63) is 55.9 Å². The van der Waals surface area contributed by atoms with Crippen LogP contribution in [-0.2, 0) is 16.3 Å². The van der Waals surface area contributed by atoms with Crippen molar-refractivity contribution in [1.82, 2.24) is 9.55 Å². The summed E-state index contributed by atoms with van der Waals surface area (Å²) in [6, 6.07) is 7.20. The van der Waals surface area contributed by atoms with Gasteiger partial charge in [0, 0.05) is 18.2 Å². The highest BCUT2D eigenvalue weighted by atomic mass is 79.9. The van der Waals surface area contributed by atoms with Gasteiger partial charge in [-0.15, -0.1) is 11.3 Å². The normalized spacial score (nSPS) is 20.3. The van der Waals surface area contributed by atoms with Gasteiger partial charge in [-0.2, -0.15) is 0 Å². The minimum Gasteiger partial charge on any atom is -0.294 e. The van der Waals surface area contributed by atoms with Crippen LogP contribution < -0.4 is 5.56 Å². The third kappa shape index (κ3) is 2.93. The van der Waals surface area contributed by atoms with Crippen LogP contribution in [0.5, 0.6) is 0 Å². The number of halogens is 1. The average molecular weight is 453 g/mol. The third-order valence-electron chi connectivity index (χ3n) is 5.11. The van der Waals surface area contributed by atoms with Gasteiger partial charge in [-0.3, -0.25) is 9.36 Å². The Bertz CT molecular complexity index is 1180. The summed E-state index contributed by atoms with van der Waals surface area (Å²) < 4.78 is 26.9. The smallest absolute Gasteiger partial charge is 0.271 e. The molecule has 1 aromatic carbocycles. The minimum absolute atomic E-state index is 0.0110. The van der Waals surface area contributed by atoms with Gasteiger partial charge in [-0.1, -0.05) is 13.0 Å². The molecule has 0 bridgehead atoms. The molecule has 0 saturated heterocycles. The van der Waals surface area contributed by atoms with Gasteiger partial charge < -0.3 is 0 Å². The van der Waals surface area contributed by atoms with Crippen molar-refractivity contribution >= 4 is 47.3 Å². The highest BCUT2D eigenvalue weighted by Gasteiger charge is 2.29. The number of rotatable bonds is 2. The highest BCUT2D eigenvalue weighted by molar-refractivity contribution is 9.11. The number of fused-ring (bicyclic) bond motifs is 2. The largest absolute Gasteiger partial charge is 0.294 e. The summed E-state index contributed by atoms with van der Waals surface area (Å²) >= 11 is 4.82. The van der Waals surface area contributed by atoms with Crippen LogP contribution in [0.4, 0.5) is 0 Å². The van der Waals surface area contributed by atoms with Gasteiger partial charge in [-0.25, -0.2) is 13.4 Å². The van der Waals surface area contributed by atoms with E-state index in [1.807, 2.05) is 12.1 Å². The van der Waals surface area contributed by atoms with Crippen molar-refractivity contribution in [3.8, 4) is 0 Å². The number of sulfone groups is 1. The summed E-state index contributed by atoms with van der Waals surface area (Å²) in [6.45, 7) is 2.09. The Hall–Kier alpha value is -1.51. The second kappa shape index (κ2) is 6.28. The first-order chi connectivity index (χ1) is 12.3. The van der Waals surface area contributed by atoms with E-state index in [0.29, 0.717) is 15.1 Å². The van der Waals surface area contributed by atoms with Gasteiger partial charge in [0.05, 0.1) is 20.5 Å². The molecule has 2 aromatic heterocycles. The van der Waals surface area contributed by atoms with Gasteiger partial charge >= 0.3 is 0 Å². The maximum absolute atomic E-state index is 12.9. The van der Waals surface area contributed by atoms with E-state index in [0.717, 1.165) is 27.8 Å². The van der Waals surface area contributed by atoms with Crippen LogP contribution in [-0.4, -0.2) is 24.2 Å². The highest BCUT2D eigenvalue weighted by Crippen LogP contribution is 2.39. The van der Waals surface area contributed by atoms with E-state index < -0.39 is 9.84 Å². The molecule has 136 valence electrons. The minimum atomic E-state index is -3.22. The van der Waals surface area contributed by atoms with Crippen molar-refractivity contribution in [2.75, 3.05) is 6.26 Å². The Morgan fingerprint density at radius 1 is 1.31 bits per heavy atom. The van der Waals surface area contributed by atoms with E-state index in [2.05, 4.69) is 27.8 Å². The lowest BCUT2D eigenvalue weighted by Gasteiger charge is -2.32. The van der Waals surface area contributed by atoms with E-state index in [4.69, 9.17) is 0 Å². The zero-order valence-corrected chi connectivity index (χ0v) is 17.5. The molecule has 2 heterocycles. The molecule has 0 amide bonds. The molecule has 0 saturated carbocycles. The van der Waals surface area contributed by atoms with Crippen molar-refractivity contribution in [2.24, 2.45) is 0 Å². The first-order valence-electron chi connectivity index (χ1n) is 8.25. The topological polar surface area (TPSA) is 69.0 Å². The SMILES string of the molecule is CC1c2ccc(S(C)(=O)=O)cc2CCC1n1cnc2cc(Br)sc2c1=O. The summed E-state index contributed by atoms with van der Waals surface area (Å²) in [7, 11) is -3.22. The van der Waals surface area contributed by atoms with Crippen molar-refractivity contribution < 1.29 is 8.42 Å². The number of hydrogen-bond acceptors (Lipinski definition) is 5. The zero-order chi connectivity index (χ0) is 18.6. The Morgan fingerprint density at radius 3 is 2.81 bits per heavy atom. The Labute approximate surface area is 163 Å². The van der Waals surface area contributed by atoms with E-state index in [1.54, 1.807) is 23.0 Å². The van der Waals surface area contributed by atoms with Crippen LogP contribution in [0.1, 0.15) is 36.4 Å². The van der Waals surface area contributed by atoms with Gasteiger partial charge in [0.2, 0.25) is 0 Å². The summed E-state index contributed by atoms with van der Waals surface area (Å²) in [5, 5.41) is 0. The molecule has 3 aromatic rings. The molecule has 0 aliphatic heterocycles. The number of hydrogen-bond donors (Lipinski definition) is 0. The maximum Gasteiger partial charge on any atom is 0.271 e. The second-order valence-electron chi connectivity index (χ2n) is 6.75. The first kappa shape index (κ1) is 17.9. The molecule has 2 atom stereocenters. The Morgan fingerprint density at radius 2 is 2.08 bits per heavy atom. The fraction of sp³-hybridized carbons (Fsp3) is 0.333. The third-order valence-corrected chi connectivity index (χ3v) is 7.83. The zero-order valence-electron chi connectivity index (χ0n) is 14.3. The van der Waals surface area contributed by atoms with Crippen LogP contribution in [0.15, 0.2) is 44.1 Å². The van der Waals surface area contributed by atoms with Gasteiger partial charge in [0.15, 0.2) is 9.84 Å². The molecule has 0 radical (unpaired) electrons. The molecule has 8 heteroatoms. The molecule has 26 heavy (non-hydrogen) atoms. The van der Waals surface area contributed by atoms with Crippen molar-refractivity contribution in [1.29, 1.82) is 0 Å². The number of thiophene rings is 1. The van der Waals surface area contributed by atoms with E-state index in [-0.39, 0.29) is 17.5 Å². The molecule has 1 aliphatic carbocycles. The first-order valence-corrected chi connectivity index (χ1v) is 11.7. The van der Waals surface area contributed by atoms with Crippen LogP contribution in [0, 0.1) is 0 Å². The van der Waals surface area contributed by atoms with Gasteiger partial charge in [0.1, 0.15) is 4.70 Å². The van der Waals surface area contributed by atoms with Crippen LogP contribution in [0.25, 0.3) is 10.2 Å². The van der Waals surface area contributed by atoms with Crippen molar-refractivity contribution in [2.45, 2.75) is 36.6 Å². The van der Waals surface area contributed by atoms with E-state index in [1.165, 1.54) is 17.6 Å². The quantitative estimate of drug-likeness (QED) is 0.590. The number of nitrogens with zero attached hydrogens (tertiary/aromatic N) is 2. The summed E-state index contributed by atoms with van der Waals surface area (Å²) in [4.78, 5) is 17.7. The Balaban J connectivity index is 1.77. The van der Waals surface area contributed by atoms with E-state index >= 15 is 0 Å². The molecule has 2 unspecified atom stereocenters. The summed E-state index contributed by atoms with van der Waals surface area (Å²) in [5.41, 5.74) is 2.86. The van der Waals surface area contributed by atoms with Crippen LogP contribution in [0.3, 0.4) is 0 Å². The molecule has 5 nitrogen and oxygen atoms in total. The molecular formula is C18H17BrN2O3S2. The second-order valence-corrected chi connectivity index (χ2v) is 11.2. The molecule has 0 fully saturated rings. The standard InChI is InChI=1S/C18H17BrN2O3S2/c1-10-13-5-4-12(26(2,23)24)7-11(13)3-6-15(10)21-9-20-14-8-16(19)25-17(14)18(21)22/h4-5,7-10,15H,3,6H2,1-2H3. The lowest BCUT2D eigenvalue weighted by molar-refractivity contribution is 0.371. The summed E-state index contributed by atoms with van der Waals surface area (Å²) in [5.74, 6) is 0.104. The predicted molar refractivity (Wildman–Crippen MR) is 107 cm³/mol. The maximum atomic E-state index is 12.9. The molecule has 0 spiro atoms. The number of aromatic nitrogens is 2. The molecule has 0 N–H and O–H groups in total. The number of aryl methyl sites for hydroxylation is 1. The molecule has 4 rings (SSSR count). The molecule has 1 aliphatic rings. The fourth-order valence-electron chi connectivity index (χ4n) is 3.75. The molecular weight excluding hydrogens is 436 g/mol. The Kier molecular flexibility index (Phi) is 4.32. The van der Waals surface area contributed by atoms with Crippen molar-refractivity contribution in [3.63, 3.8) is 0 Å². The van der Waals surface area contributed by atoms with Crippen LogP contribution >= 0.6 is 27.3 Å². The van der Waals surface area contributed by atoms with Gasteiger partial charge in [-0.05, 0) is 58.1 Å². The predicted octanol–water partition coefficient (Wildman–Crippen LogP) is 3.92. The van der Waals surface area contributed by atoms with Crippen LogP contribution in [0.2, 0.25) is 0 Å². The number of benzene rings is 1. The lowest BCUT2D eigenvalue weighted by Crippen LogP contribution is -2.30. The monoisotopic (exact) mass is 452 g/mol. The fourth-order valence-corrected chi connectivity index (χ4v) is 5.89. The van der Waals surface area contributed by atoms with Gasteiger partial charge in [0.25, 0.3) is 5.56 Å². The average Bonchev–Trinajstić information content (AvgIpc) is 2.97. The summed E-state index contributed by atoms with van der Waals surface area (Å²) in [6.07, 6.45) is 4.39. The lowest BCUT2D eigenvalue weighted by atomic mass is 9.80. The van der Waals surface area contributed by atoms with E-state index in [9.17, 15) is 13.2 Å².